The number of rotatable bonds is 5. The van der Waals surface area contributed by atoms with Crippen molar-refractivity contribution in [2.45, 2.75) is 0 Å². The van der Waals surface area contributed by atoms with Crippen LogP contribution in [0.5, 0.6) is 0 Å². The lowest BCUT2D eigenvalue weighted by atomic mass is 10.4. The monoisotopic (exact) mass is 245 g/mol. The topological polar surface area (TPSA) is 82.1 Å². The van der Waals surface area contributed by atoms with Crippen molar-refractivity contribution in [3.05, 3.63) is 0 Å². The molecule has 7 nitrogen and oxygen atoms in total. The van der Waals surface area contributed by atoms with Gasteiger partial charge in [0.1, 0.15) is 6.54 Å². The number of nitrogens with one attached hydrogen (secondary N) is 1. The molecule has 98 valence electrons. The third-order valence-electron chi connectivity index (χ3n) is 2.53. The van der Waals surface area contributed by atoms with E-state index < -0.39 is 5.97 Å². The van der Waals surface area contributed by atoms with Crippen LogP contribution in [0.15, 0.2) is 0 Å². The average molecular weight is 245 g/mol. The van der Waals surface area contributed by atoms with Crippen molar-refractivity contribution < 1.29 is 19.4 Å². The van der Waals surface area contributed by atoms with E-state index in [0.29, 0.717) is 6.54 Å². The summed E-state index contributed by atoms with van der Waals surface area (Å²) >= 11 is 0. The highest BCUT2D eigenvalue weighted by Gasteiger charge is 2.13. The number of morpholine rings is 1. The summed E-state index contributed by atoms with van der Waals surface area (Å²) in [7, 11) is 1.46. The van der Waals surface area contributed by atoms with E-state index in [1.807, 2.05) is 0 Å². The second kappa shape index (κ2) is 7.08. The summed E-state index contributed by atoms with van der Waals surface area (Å²) < 4.78 is 5.21. The van der Waals surface area contributed by atoms with Gasteiger partial charge in [-0.15, -0.1) is 0 Å². The summed E-state index contributed by atoms with van der Waals surface area (Å²) in [6.45, 7) is 4.20. The molecule has 0 radical (unpaired) electrons. The van der Waals surface area contributed by atoms with Crippen LogP contribution in [-0.4, -0.2) is 79.9 Å². The number of amides is 2. The van der Waals surface area contributed by atoms with Crippen LogP contribution in [0.1, 0.15) is 0 Å². The largest absolute Gasteiger partial charge is 0.480 e. The fourth-order valence-corrected chi connectivity index (χ4v) is 1.56. The maximum absolute atomic E-state index is 11.4. The van der Waals surface area contributed by atoms with Crippen molar-refractivity contribution in [2.24, 2.45) is 0 Å². The number of hydrogen-bond acceptors (Lipinski definition) is 4. The molecule has 0 aromatic heterocycles. The van der Waals surface area contributed by atoms with Gasteiger partial charge in [0, 0.05) is 33.2 Å². The van der Waals surface area contributed by atoms with Crippen LogP contribution in [0.4, 0.5) is 4.79 Å². The number of aliphatic carboxylic acids is 1. The maximum Gasteiger partial charge on any atom is 0.323 e. The molecule has 1 rings (SSSR count). The van der Waals surface area contributed by atoms with Crippen LogP contribution in [0.25, 0.3) is 0 Å². The molecule has 0 atom stereocenters. The Hall–Kier alpha value is -1.34. The van der Waals surface area contributed by atoms with Gasteiger partial charge in [-0.05, 0) is 0 Å². The highest BCUT2D eigenvalue weighted by molar-refractivity contribution is 5.79. The van der Waals surface area contributed by atoms with Crippen LogP contribution in [0.2, 0.25) is 0 Å². The lowest BCUT2D eigenvalue weighted by Gasteiger charge is -2.26. The Bertz CT molecular complexity index is 266. The van der Waals surface area contributed by atoms with E-state index in [0.717, 1.165) is 37.7 Å². The first-order chi connectivity index (χ1) is 8.09. The maximum atomic E-state index is 11.4. The minimum atomic E-state index is -1.02. The molecule has 0 saturated carbocycles. The van der Waals surface area contributed by atoms with Gasteiger partial charge in [-0.25, -0.2) is 4.79 Å². The number of carbonyl (C=O) groups excluding carboxylic acids is 1. The number of nitrogens with zero attached hydrogens (tertiary/aromatic N) is 2. The predicted octanol–water partition coefficient (Wildman–Crippen LogP) is -0.955. The van der Waals surface area contributed by atoms with E-state index in [1.165, 1.54) is 7.05 Å². The molecule has 0 spiro atoms. The summed E-state index contributed by atoms with van der Waals surface area (Å²) in [4.78, 5) is 25.2. The van der Waals surface area contributed by atoms with Crippen LogP contribution >= 0.6 is 0 Å². The van der Waals surface area contributed by atoms with E-state index in [-0.39, 0.29) is 12.6 Å². The lowest BCUT2D eigenvalue weighted by Crippen LogP contribution is -2.45. The Kier molecular flexibility index (Phi) is 5.71. The number of ether oxygens (including phenoxy) is 1. The number of carboxylic acid groups (broad SMARTS) is 1. The molecule has 17 heavy (non-hydrogen) atoms. The first kappa shape index (κ1) is 13.7. The van der Waals surface area contributed by atoms with E-state index in [1.54, 1.807) is 0 Å². The van der Waals surface area contributed by atoms with Crippen LogP contribution in [0, 0.1) is 0 Å². The van der Waals surface area contributed by atoms with Gasteiger partial charge in [-0.3, -0.25) is 9.69 Å². The van der Waals surface area contributed by atoms with E-state index >= 15 is 0 Å². The van der Waals surface area contributed by atoms with Gasteiger partial charge in [-0.2, -0.15) is 0 Å². The molecule has 0 aromatic rings. The molecule has 2 amide bonds. The molecule has 7 heteroatoms. The minimum absolute atomic E-state index is 0.288. The lowest BCUT2D eigenvalue weighted by molar-refractivity contribution is -0.137. The van der Waals surface area contributed by atoms with E-state index in [2.05, 4.69) is 10.2 Å². The van der Waals surface area contributed by atoms with Crippen LogP contribution in [0.3, 0.4) is 0 Å². The Balaban J connectivity index is 2.12. The number of urea groups is 1. The van der Waals surface area contributed by atoms with Gasteiger partial charge >= 0.3 is 12.0 Å². The molecule has 1 saturated heterocycles. The predicted molar refractivity (Wildman–Crippen MR) is 60.9 cm³/mol. The molecule has 0 aliphatic carbocycles. The van der Waals surface area contributed by atoms with Crippen molar-refractivity contribution in [2.75, 3.05) is 53.0 Å². The van der Waals surface area contributed by atoms with Crippen molar-refractivity contribution in [1.29, 1.82) is 0 Å². The fourth-order valence-electron chi connectivity index (χ4n) is 1.56. The smallest absolute Gasteiger partial charge is 0.323 e. The molecule has 2 N–H and O–H groups in total. The zero-order valence-electron chi connectivity index (χ0n) is 10.0. The zero-order valence-corrected chi connectivity index (χ0v) is 10.0. The highest BCUT2D eigenvalue weighted by atomic mass is 16.5. The first-order valence-electron chi connectivity index (χ1n) is 5.60. The SMILES string of the molecule is CN(CC(=O)O)C(=O)NCCN1CCOCC1. The van der Waals surface area contributed by atoms with Gasteiger partial charge in [-0.1, -0.05) is 0 Å². The van der Waals surface area contributed by atoms with Crippen molar-refractivity contribution >= 4 is 12.0 Å². The Labute approximate surface area is 100 Å². The second-order valence-corrected chi connectivity index (χ2v) is 3.94. The first-order valence-corrected chi connectivity index (χ1v) is 5.60. The van der Waals surface area contributed by atoms with Crippen molar-refractivity contribution in [3.63, 3.8) is 0 Å². The van der Waals surface area contributed by atoms with E-state index in [4.69, 9.17) is 9.84 Å². The fraction of sp³-hybridized carbons (Fsp3) is 0.800. The number of hydrogen-bond donors (Lipinski definition) is 2. The molecule has 0 bridgehead atoms. The number of carbonyl (C=O) groups is 2. The molecule has 1 heterocycles. The molecule has 1 aliphatic rings. The van der Waals surface area contributed by atoms with Gasteiger partial charge < -0.3 is 20.1 Å². The van der Waals surface area contributed by atoms with Crippen molar-refractivity contribution in [3.8, 4) is 0 Å². The molecular formula is C10H19N3O4. The average Bonchev–Trinajstić information content (AvgIpc) is 2.29. The van der Waals surface area contributed by atoms with Crippen molar-refractivity contribution in [1.82, 2.24) is 15.1 Å². The Morgan fingerprint density at radius 3 is 2.65 bits per heavy atom. The molecular weight excluding hydrogens is 226 g/mol. The Morgan fingerprint density at radius 2 is 2.06 bits per heavy atom. The highest BCUT2D eigenvalue weighted by Crippen LogP contribution is 1.94. The summed E-state index contributed by atoms with van der Waals surface area (Å²) in [5.41, 5.74) is 0. The third kappa shape index (κ3) is 5.50. The zero-order chi connectivity index (χ0) is 12.7. The van der Waals surface area contributed by atoms with Gasteiger partial charge in [0.05, 0.1) is 13.2 Å². The van der Waals surface area contributed by atoms with Crippen LogP contribution < -0.4 is 5.32 Å². The molecule has 0 aromatic carbocycles. The molecule has 1 fully saturated rings. The standard InChI is InChI=1S/C10H19N3O4/c1-12(8-9(14)15)10(16)11-2-3-13-4-6-17-7-5-13/h2-8H2,1H3,(H,11,16)(H,14,15). The summed E-state index contributed by atoms with van der Waals surface area (Å²) in [5, 5.41) is 11.2. The normalized spacial score (nSPS) is 16.5. The summed E-state index contributed by atoms with van der Waals surface area (Å²) in [6, 6.07) is -0.361. The van der Waals surface area contributed by atoms with Crippen LogP contribution in [-0.2, 0) is 9.53 Å². The minimum Gasteiger partial charge on any atom is -0.480 e. The summed E-state index contributed by atoms with van der Waals surface area (Å²) in [5.74, 6) is -1.02. The van der Waals surface area contributed by atoms with Gasteiger partial charge in [0.15, 0.2) is 0 Å². The van der Waals surface area contributed by atoms with Gasteiger partial charge in [0.2, 0.25) is 0 Å². The molecule has 1 aliphatic heterocycles. The second-order valence-electron chi connectivity index (χ2n) is 3.94. The van der Waals surface area contributed by atoms with E-state index in [9.17, 15) is 9.59 Å². The summed E-state index contributed by atoms with van der Waals surface area (Å²) in [6.07, 6.45) is 0. The third-order valence-corrected chi connectivity index (χ3v) is 2.53. The Morgan fingerprint density at radius 1 is 1.41 bits per heavy atom. The molecule has 0 unspecified atom stereocenters. The number of carboxylic acids is 1. The quantitative estimate of drug-likeness (QED) is 0.652. The number of likely N-dealkylation sites (N-methyl/N-ethyl adjacent to an activating group) is 1. The van der Waals surface area contributed by atoms with Gasteiger partial charge in [0.25, 0.3) is 0 Å².